The number of esters is 1. The molecule has 154 valence electrons. The van der Waals surface area contributed by atoms with Gasteiger partial charge in [-0.25, -0.2) is 13.6 Å². The summed E-state index contributed by atoms with van der Waals surface area (Å²) in [6.45, 7) is 1.47. The Morgan fingerprint density at radius 1 is 1.21 bits per heavy atom. The molecule has 0 spiro atoms. The van der Waals surface area contributed by atoms with Crippen molar-refractivity contribution in [3.05, 3.63) is 59.1 Å². The van der Waals surface area contributed by atoms with Gasteiger partial charge in [0, 0.05) is 10.7 Å². The number of benzene rings is 2. The lowest BCUT2D eigenvalue weighted by Gasteiger charge is -2.19. The Morgan fingerprint density at radius 3 is 2.45 bits per heavy atom. The summed E-state index contributed by atoms with van der Waals surface area (Å²) in [6, 6.07) is 12.8. The van der Waals surface area contributed by atoms with Crippen LogP contribution in [0.15, 0.2) is 53.4 Å². The van der Waals surface area contributed by atoms with Crippen molar-refractivity contribution in [1.29, 1.82) is 0 Å². The van der Waals surface area contributed by atoms with E-state index in [9.17, 15) is 18.0 Å². The average molecular weight is 437 g/mol. The van der Waals surface area contributed by atoms with Crippen LogP contribution in [-0.2, 0) is 30.8 Å². The number of carbonyl (C=O) groups excluding carboxylic acids is 2. The maximum Gasteiger partial charge on any atom is 0.313 e. The molecule has 2 aromatic carbocycles. The fourth-order valence-corrected chi connectivity index (χ4v) is 3.62. The number of carbonyl (C=O) groups is 2. The number of hydrogen-bond acceptors (Lipinski definition) is 5. The number of nitrogens with one attached hydrogen (secondary N) is 1. The fourth-order valence-electron chi connectivity index (χ4n) is 2.93. The normalized spacial score (nSPS) is 16.0. The van der Waals surface area contributed by atoms with E-state index in [0.29, 0.717) is 24.3 Å². The van der Waals surface area contributed by atoms with Crippen LogP contribution in [0.5, 0.6) is 0 Å². The minimum Gasteiger partial charge on any atom is -0.452 e. The zero-order valence-electron chi connectivity index (χ0n) is 15.7. The predicted octanol–water partition coefficient (Wildman–Crippen LogP) is 2.88. The van der Waals surface area contributed by atoms with Crippen molar-refractivity contribution in [2.24, 2.45) is 10.6 Å². The van der Waals surface area contributed by atoms with Crippen LogP contribution in [0.3, 0.4) is 0 Å². The summed E-state index contributed by atoms with van der Waals surface area (Å²) in [4.78, 5) is 24.9. The zero-order valence-corrected chi connectivity index (χ0v) is 17.3. The SMILES string of the molecule is CC(OC(=O)C1(Cc2ccc(Cl)cc2)CC1)C(=O)Nc1cccc(S(N)(=O)=O)c1. The third-order valence-corrected chi connectivity index (χ3v) is 5.99. The summed E-state index contributed by atoms with van der Waals surface area (Å²) < 4.78 is 28.2. The largest absolute Gasteiger partial charge is 0.452 e. The van der Waals surface area contributed by atoms with Crippen LogP contribution in [-0.4, -0.2) is 26.4 Å². The number of amides is 1. The second-order valence-electron chi connectivity index (χ2n) is 7.19. The first kappa shape index (κ1) is 21.3. The molecule has 0 aliphatic heterocycles. The minimum atomic E-state index is -3.89. The maximum atomic E-state index is 12.6. The van der Waals surface area contributed by atoms with Crippen molar-refractivity contribution in [2.45, 2.75) is 37.2 Å². The highest BCUT2D eigenvalue weighted by Gasteiger charge is 2.51. The Kier molecular flexibility index (Phi) is 5.97. The molecule has 1 aliphatic rings. The van der Waals surface area contributed by atoms with Gasteiger partial charge >= 0.3 is 5.97 Å². The quantitative estimate of drug-likeness (QED) is 0.647. The van der Waals surface area contributed by atoms with Crippen LogP contribution in [0.25, 0.3) is 0 Å². The van der Waals surface area contributed by atoms with Gasteiger partial charge in [0.25, 0.3) is 5.91 Å². The van der Waals surface area contributed by atoms with Gasteiger partial charge in [-0.15, -0.1) is 0 Å². The number of ether oxygens (including phenoxy) is 1. The molecule has 29 heavy (non-hydrogen) atoms. The van der Waals surface area contributed by atoms with Gasteiger partial charge in [0.2, 0.25) is 10.0 Å². The topological polar surface area (TPSA) is 116 Å². The van der Waals surface area contributed by atoms with Crippen molar-refractivity contribution >= 4 is 39.2 Å². The summed E-state index contributed by atoms with van der Waals surface area (Å²) in [5.41, 5.74) is 0.600. The fraction of sp³-hybridized carbons (Fsp3) is 0.300. The molecule has 1 fully saturated rings. The molecular formula is C20H21ClN2O5S. The number of anilines is 1. The molecule has 1 amide bonds. The molecular weight excluding hydrogens is 416 g/mol. The number of sulfonamides is 1. The van der Waals surface area contributed by atoms with Crippen molar-refractivity contribution in [3.8, 4) is 0 Å². The Balaban J connectivity index is 1.61. The van der Waals surface area contributed by atoms with Gasteiger partial charge in [0.1, 0.15) is 0 Å². The number of hydrogen-bond donors (Lipinski definition) is 2. The third-order valence-electron chi connectivity index (χ3n) is 4.83. The third kappa shape index (κ3) is 5.35. The predicted molar refractivity (Wildman–Crippen MR) is 109 cm³/mol. The van der Waals surface area contributed by atoms with E-state index in [1.54, 1.807) is 12.1 Å². The molecule has 0 saturated heterocycles. The van der Waals surface area contributed by atoms with Gasteiger partial charge in [0.15, 0.2) is 6.10 Å². The number of halogens is 1. The van der Waals surface area contributed by atoms with Gasteiger partial charge in [-0.05, 0) is 62.1 Å². The van der Waals surface area contributed by atoms with Crippen LogP contribution >= 0.6 is 11.6 Å². The van der Waals surface area contributed by atoms with Gasteiger partial charge < -0.3 is 10.1 Å². The van der Waals surface area contributed by atoms with Crippen LogP contribution in [0.4, 0.5) is 5.69 Å². The number of rotatable bonds is 7. The molecule has 0 heterocycles. The summed E-state index contributed by atoms with van der Waals surface area (Å²) >= 11 is 5.89. The lowest BCUT2D eigenvalue weighted by Crippen LogP contribution is -2.33. The smallest absolute Gasteiger partial charge is 0.313 e. The molecule has 0 bridgehead atoms. The van der Waals surface area contributed by atoms with Crippen LogP contribution < -0.4 is 10.5 Å². The highest BCUT2D eigenvalue weighted by atomic mass is 35.5. The van der Waals surface area contributed by atoms with Crippen molar-refractivity contribution < 1.29 is 22.7 Å². The summed E-state index contributed by atoms with van der Waals surface area (Å²) in [5, 5.41) is 8.25. The first-order valence-electron chi connectivity index (χ1n) is 8.98. The number of nitrogens with two attached hydrogens (primary N) is 1. The van der Waals surface area contributed by atoms with Crippen molar-refractivity contribution in [2.75, 3.05) is 5.32 Å². The molecule has 3 rings (SSSR count). The second kappa shape index (κ2) is 8.14. The molecule has 0 aromatic heterocycles. The Hall–Kier alpha value is -2.42. The van der Waals surface area contributed by atoms with Crippen LogP contribution in [0.1, 0.15) is 25.3 Å². The van der Waals surface area contributed by atoms with Crippen LogP contribution in [0.2, 0.25) is 5.02 Å². The molecule has 1 aliphatic carbocycles. The standard InChI is InChI=1S/C20H21ClN2O5S/c1-13(18(24)23-16-3-2-4-17(11-16)29(22,26)27)28-19(25)20(9-10-20)12-14-5-7-15(21)8-6-14/h2-8,11,13H,9-10,12H2,1H3,(H,23,24)(H2,22,26,27). The first-order chi connectivity index (χ1) is 13.6. The summed E-state index contributed by atoms with van der Waals surface area (Å²) in [6.07, 6.45) is 0.870. The van der Waals surface area contributed by atoms with E-state index in [1.165, 1.54) is 31.2 Å². The Labute approximate surface area is 174 Å². The molecule has 1 atom stereocenters. The Bertz CT molecular complexity index is 1030. The highest BCUT2D eigenvalue weighted by Crippen LogP contribution is 2.49. The molecule has 7 nitrogen and oxygen atoms in total. The van der Waals surface area contributed by atoms with Gasteiger partial charge in [-0.1, -0.05) is 29.8 Å². The lowest BCUT2D eigenvalue weighted by atomic mass is 9.96. The molecule has 1 unspecified atom stereocenters. The van der Waals surface area contributed by atoms with E-state index in [0.717, 1.165) is 5.56 Å². The average Bonchev–Trinajstić information content (AvgIpc) is 3.44. The van der Waals surface area contributed by atoms with Crippen molar-refractivity contribution in [3.63, 3.8) is 0 Å². The summed E-state index contributed by atoms with van der Waals surface area (Å²) in [5.74, 6) is -0.986. The van der Waals surface area contributed by atoms with E-state index in [1.807, 2.05) is 12.1 Å². The molecule has 3 N–H and O–H groups in total. The zero-order chi connectivity index (χ0) is 21.2. The monoisotopic (exact) mass is 436 g/mol. The highest BCUT2D eigenvalue weighted by molar-refractivity contribution is 7.89. The van der Waals surface area contributed by atoms with E-state index in [-0.39, 0.29) is 10.6 Å². The van der Waals surface area contributed by atoms with Crippen molar-refractivity contribution in [1.82, 2.24) is 0 Å². The second-order valence-corrected chi connectivity index (χ2v) is 9.19. The number of primary sulfonamides is 1. The van der Waals surface area contributed by atoms with E-state index in [4.69, 9.17) is 21.5 Å². The van der Waals surface area contributed by atoms with Gasteiger partial charge in [-0.3, -0.25) is 9.59 Å². The Morgan fingerprint density at radius 2 is 1.86 bits per heavy atom. The van der Waals surface area contributed by atoms with E-state index < -0.39 is 33.4 Å². The molecule has 0 radical (unpaired) electrons. The van der Waals surface area contributed by atoms with E-state index >= 15 is 0 Å². The van der Waals surface area contributed by atoms with Gasteiger partial charge in [0.05, 0.1) is 10.3 Å². The first-order valence-corrected chi connectivity index (χ1v) is 10.9. The molecule has 9 heteroatoms. The molecule has 1 saturated carbocycles. The minimum absolute atomic E-state index is 0.125. The van der Waals surface area contributed by atoms with E-state index in [2.05, 4.69) is 5.32 Å². The van der Waals surface area contributed by atoms with Crippen LogP contribution in [0, 0.1) is 5.41 Å². The van der Waals surface area contributed by atoms with Gasteiger partial charge in [-0.2, -0.15) is 0 Å². The maximum absolute atomic E-state index is 12.6. The summed E-state index contributed by atoms with van der Waals surface area (Å²) in [7, 11) is -3.89. The lowest BCUT2D eigenvalue weighted by molar-refractivity contribution is -0.158. The molecule has 2 aromatic rings.